The lowest BCUT2D eigenvalue weighted by Gasteiger charge is -2.06. The summed E-state index contributed by atoms with van der Waals surface area (Å²) in [4.78, 5) is 21.2. The lowest BCUT2D eigenvalue weighted by molar-refractivity contribution is 0.102. The molecule has 1 aliphatic rings. The summed E-state index contributed by atoms with van der Waals surface area (Å²) >= 11 is 1.48. The van der Waals surface area contributed by atoms with E-state index in [2.05, 4.69) is 15.3 Å². The van der Waals surface area contributed by atoms with Gasteiger partial charge < -0.3 is 0 Å². The van der Waals surface area contributed by atoms with E-state index in [1.165, 1.54) is 34.9 Å². The van der Waals surface area contributed by atoms with Crippen molar-refractivity contribution in [2.24, 2.45) is 0 Å². The predicted molar refractivity (Wildman–Crippen MR) is 70.9 cm³/mol. The minimum atomic E-state index is -0.624. The summed E-state index contributed by atoms with van der Waals surface area (Å²) in [5, 5.41) is 3.21. The normalized spacial score (nSPS) is 13.9. The molecule has 0 saturated heterocycles. The van der Waals surface area contributed by atoms with Gasteiger partial charge in [0, 0.05) is 11.1 Å². The van der Waals surface area contributed by atoms with Gasteiger partial charge in [-0.3, -0.25) is 15.1 Å². The molecule has 0 radical (unpaired) electrons. The van der Waals surface area contributed by atoms with Crippen molar-refractivity contribution in [3.63, 3.8) is 0 Å². The highest BCUT2D eigenvalue weighted by atomic mass is 32.1. The Bertz CT molecular complexity index is 603. The molecule has 0 aromatic carbocycles. The van der Waals surface area contributed by atoms with Crippen LogP contribution in [0.25, 0.3) is 0 Å². The number of halogens is 1. The quantitative estimate of drug-likeness (QED) is 0.918. The van der Waals surface area contributed by atoms with E-state index >= 15 is 0 Å². The number of aromatic nitrogens is 2. The van der Waals surface area contributed by atoms with Crippen LogP contribution >= 0.6 is 11.3 Å². The number of rotatable bonds is 2. The second kappa shape index (κ2) is 5.05. The summed E-state index contributed by atoms with van der Waals surface area (Å²) in [6.07, 6.45) is 6.72. The third kappa shape index (κ3) is 2.49. The first-order valence-electron chi connectivity index (χ1n) is 6.13. The maximum atomic E-state index is 13.4. The third-order valence-electron chi connectivity index (χ3n) is 3.08. The van der Waals surface area contributed by atoms with Gasteiger partial charge in [0.15, 0.2) is 10.9 Å². The number of nitrogens with one attached hydrogen (secondary N) is 1. The highest BCUT2D eigenvalue weighted by Gasteiger charge is 2.18. The van der Waals surface area contributed by atoms with Crippen LogP contribution in [0.4, 0.5) is 9.52 Å². The number of amides is 1. The van der Waals surface area contributed by atoms with E-state index in [4.69, 9.17) is 0 Å². The van der Waals surface area contributed by atoms with Crippen LogP contribution in [0.3, 0.4) is 0 Å². The molecule has 2 aromatic heterocycles. The van der Waals surface area contributed by atoms with Crippen LogP contribution in [0.2, 0.25) is 0 Å². The zero-order valence-corrected chi connectivity index (χ0v) is 11.0. The first kappa shape index (κ1) is 12.2. The van der Waals surface area contributed by atoms with Gasteiger partial charge in [-0.1, -0.05) is 0 Å². The van der Waals surface area contributed by atoms with E-state index < -0.39 is 11.7 Å². The van der Waals surface area contributed by atoms with Crippen molar-refractivity contribution in [1.29, 1.82) is 0 Å². The highest BCUT2D eigenvalue weighted by Crippen LogP contribution is 2.29. The Morgan fingerprint density at radius 1 is 1.37 bits per heavy atom. The summed E-state index contributed by atoms with van der Waals surface area (Å²) < 4.78 is 13.4. The van der Waals surface area contributed by atoms with Gasteiger partial charge in [-0.2, -0.15) is 0 Å². The summed E-state index contributed by atoms with van der Waals surface area (Å²) in [7, 11) is 0. The fourth-order valence-electron chi connectivity index (χ4n) is 2.13. The van der Waals surface area contributed by atoms with Crippen LogP contribution in [0.5, 0.6) is 0 Å². The maximum Gasteiger partial charge on any atom is 0.260 e. The van der Waals surface area contributed by atoms with Crippen molar-refractivity contribution < 1.29 is 9.18 Å². The average molecular weight is 277 g/mol. The lowest BCUT2D eigenvalue weighted by Crippen LogP contribution is -2.13. The third-order valence-corrected chi connectivity index (χ3v) is 4.16. The standard InChI is InChI=1S/C13H12FN3OS/c14-9-7-15-6-5-8(9)12(18)17-13-16-10-3-1-2-4-11(10)19-13/h5-7H,1-4H2,(H,16,17,18). The number of nitrogens with zero attached hydrogens (tertiary/aromatic N) is 2. The number of anilines is 1. The van der Waals surface area contributed by atoms with E-state index in [0.717, 1.165) is 31.2 Å². The number of carbonyl (C=O) groups is 1. The molecule has 0 bridgehead atoms. The van der Waals surface area contributed by atoms with Crippen LogP contribution in [-0.2, 0) is 12.8 Å². The number of aryl methyl sites for hydroxylation is 2. The summed E-state index contributed by atoms with van der Waals surface area (Å²) in [6, 6.07) is 1.36. The van der Waals surface area contributed by atoms with Crippen molar-refractivity contribution in [1.82, 2.24) is 9.97 Å². The zero-order valence-electron chi connectivity index (χ0n) is 10.1. The van der Waals surface area contributed by atoms with Gasteiger partial charge in [0.1, 0.15) is 0 Å². The summed E-state index contributed by atoms with van der Waals surface area (Å²) in [6.45, 7) is 0. The zero-order chi connectivity index (χ0) is 13.2. The molecule has 6 heteroatoms. The van der Waals surface area contributed by atoms with Crippen molar-refractivity contribution in [3.8, 4) is 0 Å². The van der Waals surface area contributed by atoms with E-state index in [-0.39, 0.29) is 5.56 Å². The largest absolute Gasteiger partial charge is 0.298 e. The van der Waals surface area contributed by atoms with Crippen molar-refractivity contribution in [3.05, 3.63) is 40.4 Å². The molecule has 2 aromatic rings. The van der Waals surface area contributed by atoms with Crippen LogP contribution in [-0.4, -0.2) is 15.9 Å². The van der Waals surface area contributed by atoms with Gasteiger partial charge in [0.2, 0.25) is 0 Å². The van der Waals surface area contributed by atoms with Crippen LogP contribution in [0.15, 0.2) is 18.5 Å². The van der Waals surface area contributed by atoms with E-state index in [9.17, 15) is 9.18 Å². The van der Waals surface area contributed by atoms with Crippen molar-refractivity contribution in [2.45, 2.75) is 25.7 Å². The van der Waals surface area contributed by atoms with Gasteiger partial charge in [0.25, 0.3) is 5.91 Å². The van der Waals surface area contributed by atoms with Gasteiger partial charge >= 0.3 is 0 Å². The summed E-state index contributed by atoms with van der Waals surface area (Å²) in [5.74, 6) is -1.10. The molecule has 1 N–H and O–H groups in total. The average Bonchev–Trinajstić information content (AvgIpc) is 2.81. The van der Waals surface area contributed by atoms with E-state index in [0.29, 0.717) is 5.13 Å². The fraction of sp³-hybridized carbons (Fsp3) is 0.308. The predicted octanol–water partition coefficient (Wildman–Crippen LogP) is 2.81. The fourth-order valence-corrected chi connectivity index (χ4v) is 3.17. The Hall–Kier alpha value is -1.82. The number of thiazole rings is 1. The van der Waals surface area contributed by atoms with Gasteiger partial charge in [-0.15, -0.1) is 11.3 Å². The number of pyridine rings is 1. The molecule has 19 heavy (non-hydrogen) atoms. The lowest BCUT2D eigenvalue weighted by atomic mass is 10.0. The van der Waals surface area contributed by atoms with E-state index in [1.54, 1.807) is 0 Å². The number of carbonyl (C=O) groups excluding carboxylic acids is 1. The number of hydrogen-bond acceptors (Lipinski definition) is 4. The molecule has 2 heterocycles. The molecule has 1 aliphatic carbocycles. The van der Waals surface area contributed by atoms with Gasteiger partial charge in [-0.05, 0) is 31.7 Å². The second-order valence-corrected chi connectivity index (χ2v) is 5.49. The second-order valence-electron chi connectivity index (χ2n) is 4.41. The highest BCUT2D eigenvalue weighted by molar-refractivity contribution is 7.15. The molecule has 3 rings (SSSR count). The first-order chi connectivity index (χ1) is 9.24. The molecular formula is C13H12FN3OS. The monoisotopic (exact) mass is 277 g/mol. The molecule has 1 amide bonds. The van der Waals surface area contributed by atoms with Crippen LogP contribution in [0, 0.1) is 5.82 Å². The molecule has 0 spiro atoms. The molecule has 0 unspecified atom stereocenters. The van der Waals surface area contributed by atoms with Gasteiger partial charge in [-0.25, -0.2) is 9.37 Å². The Kier molecular flexibility index (Phi) is 3.25. The Morgan fingerprint density at radius 3 is 3.00 bits per heavy atom. The Labute approximate surface area is 113 Å². The molecule has 0 atom stereocenters. The molecule has 98 valence electrons. The summed E-state index contributed by atoms with van der Waals surface area (Å²) in [5.41, 5.74) is 1.06. The first-order valence-corrected chi connectivity index (χ1v) is 6.95. The molecule has 0 aliphatic heterocycles. The number of fused-ring (bicyclic) bond motifs is 1. The van der Waals surface area contributed by atoms with Gasteiger partial charge in [0.05, 0.1) is 17.5 Å². The van der Waals surface area contributed by atoms with Crippen molar-refractivity contribution >= 4 is 22.4 Å². The topological polar surface area (TPSA) is 54.9 Å². The Balaban J connectivity index is 1.80. The molecule has 0 saturated carbocycles. The molecule has 4 nitrogen and oxygen atoms in total. The maximum absolute atomic E-state index is 13.4. The van der Waals surface area contributed by atoms with Crippen LogP contribution < -0.4 is 5.32 Å². The molecular weight excluding hydrogens is 265 g/mol. The van der Waals surface area contributed by atoms with Crippen LogP contribution in [0.1, 0.15) is 33.8 Å². The Morgan fingerprint density at radius 2 is 2.21 bits per heavy atom. The smallest absolute Gasteiger partial charge is 0.260 e. The minimum absolute atomic E-state index is 0.0110. The SMILES string of the molecule is O=C(Nc1nc2c(s1)CCCC2)c1ccncc1F. The van der Waals surface area contributed by atoms with Crippen molar-refractivity contribution in [2.75, 3.05) is 5.32 Å². The van der Waals surface area contributed by atoms with E-state index in [1.807, 2.05) is 0 Å². The number of hydrogen-bond donors (Lipinski definition) is 1. The molecule has 0 fully saturated rings. The minimum Gasteiger partial charge on any atom is -0.298 e.